The summed E-state index contributed by atoms with van der Waals surface area (Å²) in [6, 6.07) is 0. The minimum Gasteiger partial charge on any atom is -0.303 e. The van der Waals surface area contributed by atoms with Gasteiger partial charge in [0, 0.05) is 6.54 Å². The van der Waals surface area contributed by atoms with E-state index in [-0.39, 0.29) is 0 Å². The molecular weight excluding hydrogens is 124 g/mol. The molecule has 1 aliphatic heterocycles. The Morgan fingerprint density at radius 1 is 1.10 bits per heavy atom. The van der Waals surface area contributed by atoms with Gasteiger partial charge in [-0.05, 0) is 45.3 Å². The monoisotopic (exact) mass is 141 g/mol. The van der Waals surface area contributed by atoms with Gasteiger partial charge in [0.2, 0.25) is 0 Å². The number of hydrogen-bond donors (Lipinski definition) is 0. The molecule has 0 spiro atoms. The maximum atomic E-state index is 6.96. The first-order chi connectivity index (χ1) is 4.93. The van der Waals surface area contributed by atoms with E-state index in [0.717, 1.165) is 6.42 Å². The van der Waals surface area contributed by atoms with Crippen LogP contribution in [0.15, 0.2) is 0 Å². The predicted octanol–water partition coefficient (Wildman–Crippen LogP) is 1.15. The van der Waals surface area contributed by atoms with Gasteiger partial charge in [0.25, 0.3) is 0 Å². The molecule has 1 rings (SSSR count). The van der Waals surface area contributed by atoms with Gasteiger partial charge >= 0.3 is 0 Å². The Balaban J connectivity index is 1.91. The number of rotatable bonds is 4. The van der Waals surface area contributed by atoms with Crippen LogP contribution >= 0.6 is 0 Å². The normalized spacial score (nSPS) is 20.1. The smallest absolute Gasteiger partial charge is 0.0100 e. The van der Waals surface area contributed by atoms with Crippen LogP contribution < -0.4 is 5.73 Å². The van der Waals surface area contributed by atoms with Crippen molar-refractivity contribution >= 4 is 0 Å². The molecule has 0 saturated carbocycles. The first-order valence-electron chi connectivity index (χ1n) is 4.30. The summed E-state index contributed by atoms with van der Waals surface area (Å²) in [5, 5.41) is 0. The van der Waals surface area contributed by atoms with Crippen LogP contribution in [0.4, 0.5) is 0 Å². The molecule has 1 N–H and O–H groups in total. The second kappa shape index (κ2) is 4.69. The Kier molecular flexibility index (Phi) is 3.76. The predicted molar refractivity (Wildman–Crippen MR) is 42.9 cm³/mol. The lowest BCUT2D eigenvalue weighted by molar-refractivity contribution is 0.331. The highest BCUT2D eigenvalue weighted by Gasteiger charge is 2.09. The van der Waals surface area contributed by atoms with Gasteiger partial charge in [-0.25, -0.2) is 0 Å². The molecule has 1 heterocycles. The van der Waals surface area contributed by atoms with Crippen LogP contribution in [-0.4, -0.2) is 31.1 Å². The standard InChI is InChI=1S/C8H17N2/c9-5-1-2-6-10-7-3-4-8-10/h9H,1-8H2. The van der Waals surface area contributed by atoms with E-state index in [1.807, 2.05) is 0 Å². The van der Waals surface area contributed by atoms with E-state index in [1.54, 1.807) is 0 Å². The number of nitrogens with zero attached hydrogens (tertiary/aromatic N) is 1. The topological polar surface area (TPSA) is 27.0 Å². The first kappa shape index (κ1) is 8.02. The second-order valence-corrected chi connectivity index (χ2v) is 3.01. The van der Waals surface area contributed by atoms with Crippen LogP contribution in [-0.2, 0) is 0 Å². The molecule has 0 amide bonds. The van der Waals surface area contributed by atoms with Gasteiger partial charge in [-0.1, -0.05) is 0 Å². The number of unbranched alkanes of at least 4 members (excludes halogenated alkanes) is 1. The fourth-order valence-electron chi connectivity index (χ4n) is 1.47. The van der Waals surface area contributed by atoms with Crippen molar-refractivity contribution in [1.82, 2.24) is 10.6 Å². The molecule has 2 heteroatoms. The molecule has 1 aliphatic rings. The molecule has 10 heavy (non-hydrogen) atoms. The SMILES string of the molecule is [NH]CCCCN1CCCC1. The third kappa shape index (κ3) is 2.67. The summed E-state index contributed by atoms with van der Waals surface area (Å²) in [7, 11) is 0. The third-order valence-corrected chi connectivity index (χ3v) is 2.10. The molecule has 59 valence electrons. The molecule has 1 saturated heterocycles. The maximum absolute atomic E-state index is 6.96. The summed E-state index contributed by atoms with van der Waals surface area (Å²) in [6.07, 6.45) is 5.09. The van der Waals surface area contributed by atoms with Gasteiger partial charge in [0.15, 0.2) is 0 Å². The van der Waals surface area contributed by atoms with Crippen molar-refractivity contribution in [3.05, 3.63) is 0 Å². The van der Waals surface area contributed by atoms with Crippen LogP contribution in [0.25, 0.3) is 0 Å². The van der Waals surface area contributed by atoms with Gasteiger partial charge in [0.1, 0.15) is 0 Å². The van der Waals surface area contributed by atoms with E-state index in [1.165, 1.54) is 38.9 Å². The van der Waals surface area contributed by atoms with Gasteiger partial charge in [-0.3, -0.25) is 5.73 Å². The molecule has 0 bridgehead atoms. The lowest BCUT2D eigenvalue weighted by Gasteiger charge is -2.12. The summed E-state index contributed by atoms with van der Waals surface area (Å²) in [5.74, 6) is 0. The highest BCUT2D eigenvalue weighted by molar-refractivity contribution is 4.65. The van der Waals surface area contributed by atoms with E-state index >= 15 is 0 Å². The quantitative estimate of drug-likeness (QED) is 0.539. The van der Waals surface area contributed by atoms with Gasteiger partial charge in [-0.2, -0.15) is 0 Å². The third-order valence-electron chi connectivity index (χ3n) is 2.10. The van der Waals surface area contributed by atoms with Gasteiger partial charge in [0.05, 0.1) is 0 Å². The van der Waals surface area contributed by atoms with Crippen molar-refractivity contribution < 1.29 is 0 Å². The number of likely N-dealkylation sites (tertiary alicyclic amines) is 1. The Labute approximate surface area is 63.4 Å². The number of hydrogen-bond acceptors (Lipinski definition) is 1. The van der Waals surface area contributed by atoms with Crippen molar-refractivity contribution in [3.63, 3.8) is 0 Å². The summed E-state index contributed by atoms with van der Waals surface area (Å²) in [4.78, 5) is 2.51. The fourth-order valence-corrected chi connectivity index (χ4v) is 1.47. The molecular formula is C8H17N2. The molecule has 0 unspecified atom stereocenters. The average Bonchev–Trinajstić information content (AvgIpc) is 2.41. The molecule has 0 aliphatic carbocycles. The minimum absolute atomic E-state index is 0.605. The van der Waals surface area contributed by atoms with E-state index in [2.05, 4.69) is 4.90 Å². The Morgan fingerprint density at radius 3 is 2.40 bits per heavy atom. The van der Waals surface area contributed by atoms with Crippen molar-refractivity contribution in [1.29, 1.82) is 0 Å². The minimum atomic E-state index is 0.605. The lowest BCUT2D eigenvalue weighted by atomic mass is 10.3. The zero-order valence-electron chi connectivity index (χ0n) is 6.60. The Morgan fingerprint density at radius 2 is 1.80 bits per heavy atom. The molecule has 0 aromatic carbocycles. The highest BCUT2D eigenvalue weighted by Crippen LogP contribution is 2.07. The lowest BCUT2D eigenvalue weighted by Crippen LogP contribution is -2.20. The Hall–Kier alpha value is -0.0800. The summed E-state index contributed by atoms with van der Waals surface area (Å²) in [6.45, 7) is 4.45. The van der Waals surface area contributed by atoms with Crippen molar-refractivity contribution in [2.45, 2.75) is 25.7 Å². The van der Waals surface area contributed by atoms with E-state index < -0.39 is 0 Å². The van der Waals surface area contributed by atoms with Gasteiger partial charge in [-0.15, -0.1) is 0 Å². The summed E-state index contributed by atoms with van der Waals surface area (Å²) < 4.78 is 0. The van der Waals surface area contributed by atoms with E-state index in [0.29, 0.717) is 6.54 Å². The summed E-state index contributed by atoms with van der Waals surface area (Å²) in [5.41, 5.74) is 6.96. The van der Waals surface area contributed by atoms with Gasteiger partial charge < -0.3 is 4.90 Å². The molecule has 1 fully saturated rings. The summed E-state index contributed by atoms with van der Waals surface area (Å²) >= 11 is 0. The van der Waals surface area contributed by atoms with Crippen molar-refractivity contribution in [2.24, 2.45) is 0 Å². The van der Waals surface area contributed by atoms with Crippen molar-refractivity contribution in [2.75, 3.05) is 26.2 Å². The van der Waals surface area contributed by atoms with E-state index in [4.69, 9.17) is 5.73 Å². The van der Waals surface area contributed by atoms with E-state index in [9.17, 15) is 0 Å². The largest absolute Gasteiger partial charge is 0.303 e. The first-order valence-corrected chi connectivity index (χ1v) is 4.30. The molecule has 0 aromatic heterocycles. The van der Waals surface area contributed by atoms with Crippen LogP contribution in [0.2, 0.25) is 0 Å². The van der Waals surface area contributed by atoms with Crippen molar-refractivity contribution in [3.8, 4) is 0 Å². The van der Waals surface area contributed by atoms with Crippen LogP contribution in [0.3, 0.4) is 0 Å². The molecule has 0 atom stereocenters. The van der Waals surface area contributed by atoms with Crippen LogP contribution in [0.5, 0.6) is 0 Å². The zero-order chi connectivity index (χ0) is 7.23. The maximum Gasteiger partial charge on any atom is 0.0100 e. The zero-order valence-corrected chi connectivity index (χ0v) is 6.60. The molecule has 2 nitrogen and oxygen atoms in total. The van der Waals surface area contributed by atoms with Crippen LogP contribution in [0, 0.1) is 0 Å². The molecule has 1 radical (unpaired) electrons. The molecule has 0 aromatic rings. The number of nitrogens with one attached hydrogen (secondary N) is 1. The average molecular weight is 141 g/mol. The Bertz CT molecular complexity index is 77.3. The second-order valence-electron chi connectivity index (χ2n) is 3.01. The highest BCUT2D eigenvalue weighted by atomic mass is 15.1. The van der Waals surface area contributed by atoms with Crippen LogP contribution in [0.1, 0.15) is 25.7 Å². The fraction of sp³-hybridized carbons (Fsp3) is 1.00.